The number of hydrogen-bond acceptors (Lipinski definition) is 10. The first-order valence-electron chi connectivity index (χ1n) is 19.0. The number of rotatable bonds is 14. The van der Waals surface area contributed by atoms with Crippen molar-refractivity contribution < 1.29 is 28.1 Å². The minimum Gasteiger partial charge on any atom is -0.478 e. The summed E-state index contributed by atoms with van der Waals surface area (Å²) in [6, 6.07) is 23.1. The van der Waals surface area contributed by atoms with Crippen LogP contribution in [0.15, 0.2) is 87.9 Å². The van der Waals surface area contributed by atoms with E-state index < -0.39 is 17.2 Å². The quantitative estimate of drug-likeness (QED) is 0.107. The maximum atomic E-state index is 14.2. The van der Waals surface area contributed by atoms with E-state index in [1.807, 2.05) is 35.2 Å². The van der Waals surface area contributed by atoms with Crippen molar-refractivity contribution >= 4 is 35.0 Å². The lowest BCUT2D eigenvalue weighted by Crippen LogP contribution is -2.48. The highest BCUT2D eigenvalue weighted by molar-refractivity contribution is 6.30. The molecule has 12 nitrogen and oxygen atoms in total. The number of benzene rings is 3. The van der Waals surface area contributed by atoms with Gasteiger partial charge in [0.2, 0.25) is 11.8 Å². The number of carbonyl (C=O) groups excluding carboxylic acids is 2. The Morgan fingerprint density at radius 3 is 1.93 bits per heavy atom. The maximum absolute atomic E-state index is 14.2. The van der Waals surface area contributed by atoms with Crippen LogP contribution in [0.5, 0.6) is 11.5 Å². The van der Waals surface area contributed by atoms with Gasteiger partial charge in [-0.15, -0.1) is 0 Å². The molecule has 2 aliphatic heterocycles. The smallest absolute Gasteiger partial charge is 0.266 e. The Labute approximate surface area is 336 Å². The summed E-state index contributed by atoms with van der Waals surface area (Å²) in [6.45, 7) is 8.13. The van der Waals surface area contributed by atoms with Crippen LogP contribution in [0.25, 0.3) is 0 Å². The first-order chi connectivity index (χ1) is 26.8. The van der Waals surface area contributed by atoms with Gasteiger partial charge in [0, 0.05) is 36.0 Å². The molecular weight excluding hydrogens is 755 g/mol. The maximum Gasteiger partial charge on any atom is 0.266 e. The normalized spacial score (nSPS) is 18.7. The van der Waals surface area contributed by atoms with Gasteiger partial charge in [-0.3, -0.25) is 9.59 Å². The number of ether oxygens (including phenoxy) is 2. The minimum absolute atomic E-state index is 0.150. The van der Waals surface area contributed by atoms with Gasteiger partial charge in [0.25, 0.3) is 11.8 Å². The molecule has 3 atom stereocenters. The molecule has 56 heavy (non-hydrogen) atoms. The van der Waals surface area contributed by atoms with Gasteiger partial charge in [0.15, 0.2) is 22.9 Å². The van der Waals surface area contributed by atoms with E-state index in [4.69, 9.17) is 51.7 Å². The van der Waals surface area contributed by atoms with Gasteiger partial charge in [-0.25, -0.2) is 0 Å². The van der Waals surface area contributed by atoms with Crippen LogP contribution >= 0.6 is 23.2 Å². The SMILES string of the molecule is CC(C)(Oc1ccc(Cl)cc1)C(=O)N1CC(CCCc2noc([C@@H]3CCCN3C(=O)C(C)(C)Oc3ccc(Cl)cc3)n2)CC1c1nc(Cc2ccccc2)no1. The molecule has 0 radical (unpaired) electrons. The molecule has 0 aliphatic carbocycles. The molecule has 0 spiro atoms. The van der Waals surface area contributed by atoms with Crippen molar-refractivity contribution in [3.8, 4) is 11.5 Å². The summed E-state index contributed by atoms with van der Waals surface area (Å²) in [5, 5.41) is 9.73. The highest BCUT2D eigenvalue weighted by atomic mass is 35.5. The Hall–Kier alpha value is -4.94. The second-order valence-electron chi connectivity index (χ2n) is 15.5. The monoisotopic (exact) mass is 800 g/mol. The topological polar surface area (TPSA) is 137 Å². The molecule has 7 rings (SSSR count). The summed E-state index contributed by atoms with van der Waals surface area (Å²) < 4.78 is 23.9. The highest BCUT2D eigenvalue weighted by Crippen LogP contribution is 2.40. The molecule has 2 unspecified atom stereocenters. The third kappa shape index (κ3) is 9.19. The summed E-state index contributed by atoms with van der Waals surface area (Å²) in [7, 11) is 0. The summed E-state index contributed by atoms with van der Waals surface area (Å²) in [6.07, 6.45) is 4.86. The molecular formula is C42H46Cl2N6O6. The summed E-state index contributed by atoms with van der Waals surface area (Å²) in [4.78, 5) is 41.1. The van der Waals surface area contributed by atoms with Crippen molar-refractivity contribution in [2.75, 3.05) is 13.1 Å². The number of amides is 2. The molecule has 2 aromatic heterocycles. The van der Waals surface area contributed by atoms with E-state index >= 15 is 0 Å². The van der Waals surface area contributed by atoms with Crippen LogP contribution in [0.1, 0.15) is 101 Å². The Kier molecular flexibility index (Phi) is 11.7. The van der Waals surface area contributed by atoms with E-state index in [-0.39, 0.29) is 23.8 Å². The largest absolute Gasteiger partial charge is 0.478 e. The Bertz CT molecular complexity index is 2100. The third-order valence-corrected chi connectivity index (χ3v) is 10.8. The zero-order chi connectivity index (χ0) is 39.5. The zero-order valence-corrected chi connectivity index (χ0v) is 33.5. The molecule has 2 amide bonds. The molecule has 2 fully saturated rings. The number of nitrogens with zero attached hydrogens (tertiary/aromatic N) is 6. The molecule has 0 bridgehead atoms. The summed E-state index contributed by atoms with van der Waals surface area (Å²) >= 11 is 12.1. The van der Waals surface area contributed by atoms with E-state index in [1.165, 1.54) is 0 Å². The molecule has 5 aromatic rings. The number of aromatic nitrogens is 4. The fourth-order valence-electron chi connectivity index (χ4n) is 7.54. The van der Waals surface area contributed by atoms with Gasteiger partial charge in [-0.1, -0.05) is 63.8 Å². The molecule has 2 saturated heterocycles. The fourth-order valence-corrected chi connectivity index (χ4v) is 7.79. The number of aryl methyl sites for hydroxylation is 1. The lowest BCUT2D eigenvalue weighted by atomic mass is 9.98. The summed E-state index contributed by atoms with van der Waals surface area (Å²) in [5.74, 6) is 2.91. The highest BCUT2D eigenvalue weighted by Gasteiger charge is 2.45. The van der Waals surface area contributed by atoms with Gasteiger partial charge >= 0.3 is 0 Å². The van der Waals surface area contributed by atoms with Crippen molar-refractivity contribution in [1.29, 1.82) is 0 Å². The van der Waals surface area contributed by atoms with Crippen molar-refractivity contribution in [3.63, 3.8) is 0 Å². The Balaban J connectivity index is 0.997. The van der Waals surface area contributed by atoms with E-state index in [9.17, 15) is 9.59 Å². The average Bonchev–Trinajstić information content (AvgIpc) is 4.01. The Morgan fingerprint density at radius 2 is 1.30 bits per heavy atom. The van der Waals surface area contributed by atoms with Crippen molar-refractivity contribution in [3.05, 3.63) is 118 Å². The first-order valence-corrected chi connectivity index (χ1v) is 19.8. The van der Waals surface area contributed by atoms with Crippen LogP contribution in [-0.4, -0.2) is 66.2 Å². The van der Waals surface area contributed by atoms with Crippen LogP contribution in [0.3, 0.4) is 0 Å². The van der Waals surface area contributed by atoms with Crippen molar-refractivity contribution in [1.82, 2.24) is 30.1 Å². The molecule has 0 N–H and O–H groups in total. The summed E-state index contributed by atoms with van der Waals surface area (Å²) in [5.41, 5.74) is -1.23. The van der Waals surface area contributed by atoms with Crippen LogP contribution in [0, 0.1) is 5.92 Å². The van der Waals surface area contributed by atoms with E-state index in [0.29, 0.717) is 77.3 Å². The van der Waals surface area contributed by atoms with Crippen LogP contribution in [0.4, 0.5) is 0 Å². The van der Waals surface area contributed by atoms with Crippen molar-refractivity contribution in [2.45, 2.75) is 95.9 Å². The minimum atomic E-state index is -1.18. The number of likely N-dealkylation sites (tertiary alicyclic amines) is 2. The molecule has 0 saturated carbocycles. The first kappa shape index (κ1) is 39.3. The number of carbonyl (C=O) groups is 2. The molecule has 4 heterocycles. The fraction of sp³-hybridized carbons (Fsp3) is 0.429. The van der Waals surface area contributed by atoms with E-state index in [1.54, 1.807) is 81.1 Å². The lowest BCUT2D eigenvalue weighted by molar-refractivity contribution is -0.147. The predicted octanol–water partition coefficient (Wildman–Crippen LogP) is 8.64. The number of hydrogen-bond donors (Lipinski definition) is 0. The van der Waals surface area contributed by atoms with Crippen LogP contribution in [0.2, 0.25) is 10.0 Å². The van der Waals surface area contributed by atoms with Gasteiger partial charge in [0.05, 0.1) is 0 Å². The zero-order valence-electron chi connectivity index (χ0n) is 32.0. The second-order valence-corrected chi connectivity index (χ2v) is 16.4. The van der Waals surface area contributed by atoms with Gasteiger partial charge < -0.3 is 28.3 Å². The van der Waals surface area contributed by atoms with Gasteiger partial charge in [-0.2, -0.15) is 9.97 Å². The van der Waals surface area contributed by atoms with Gasteiger partial charge in [-0.05, 0) is 120 Å². The molecule has 14 heteroatoms. The van der Waals surface area contributed by atoms with E-state index in [2.05, 4.69) is 10.3 Å². The third-order valence-electron chi connectivity index (χ3n) is 10.3. The van der Waals surface area contributed by atoms with Gasteiger partial charge in [0.1, 0.15) is 23.6 Å². The molecule has 3 aromatic carbocycles. The standard InChI is InChI=1S/C42H46Cl2N6O6/c1-41(2,53-31-19-15-29(43)16-20-31)39(51)49-23-9-13-33(49)37-45-35(47-55-37)14-8-12-28-24-34(38-46-36(48-56-38)25-27-10-6-5-7-11-27)50(26-28)40(52)42(3,4)54-32-21-17-30(44)18-22-32/h5-7,10-11,15-22,28,33-34H,8-9,12-14,23-26H2,1-4H3/t28?,33-,34?/m0/s1. The van der Waals surface area contributed by atoms with Crippen LogP contribution in [-0.2, 0) is 22.4 Å². The van der Waals surface area contributed by atoms with Crippen LogP contribution < -0.4 is 9.47 Å². The lowest BCUT2D eigenvalue weighted by Gasteiger charge is -2.32. The molecule has 294 valence electrons. The Morgan fingerprint density at radius 1 is 0.750 bits per heavy atom. The molecule has 2 aliphatic rings. The number of halogens is 2. The van der Waals surface area contributed by atoms with Crippen molar-refractivity contribution in [2.24, 2.45) is 5.92 Å². The van der Waals surface area contributed by atoms with E-state index in [0.717, 1.165) is 31.2 Å². The predicted molar refractivity (Wildman–Crippen MR) is 209 cm³/mol. The second kappa shape index (κ2) is 16.7. The average molecular weight is 802 g/mol.